The molecule has 0 radical (unpaired) electrons. The van der Waals surface area contributed by atoms with E-state index in [4.69, 9.17) is 16.3 Å². The Bertz CT molecular complexity index is 751. The molecule has 1 amide bonds. The third kappa shape index (κ3) is 3.17. The molecule has 3 heterocycles. The SMILES string of the molecule is O=C1COC2(CCN(Cc3cnn(-c4cccc(Cl)c4)c3)C2)CN1. The molecule has 1 aromatic carbocycles. The van der Waals surface area contributed by atoms with E-state index >= 15 is 0 Å². The van der Waals surface area contributed by atoms with Gasteiger partial charge in [0.1, 0.15) is 6.61 Å². The van der Waals surface area contributed by atoms with Crippen LogP contribution in [0, 0.1) is 0 Å². The molecular weight excluding hydrogens is 328 g/mol. The quantitative estimate of drug-likeness (QED) is 0.917. The first-order valence-electron chi connectivity index (χ1n) is 8.04. The molecule has 0 bridgehead atoms. The fraction of sp³-hybridized carbons (Fsp3) is 0.412. The van der Waals surface area contributed by atoms with Crippen molar-refractivity contribution >= 4 is 17.5 Å². The lowest BCUT2D eigenvalue weighted by atomic mass is 10.0. The second kappa shape index (κ2) is 6.20. The first-order chi connectivity index (χ1) is 11.6. The highest BCUT2D eigenvalue weighted by molar-refractivity contribution is 6.30. The molecule has 0 aliphatic carbocycles. The van der Waals surface area contributed by atoms with E-state index in [1.165, 1.54) is 0 Å². The summed E-state index contributed by atoms with van der Waals surface area (Å²) in [6, 6.07) is 7.63. The maximum Gasteiger partial charge on any atom is 0.246 e. The molecule has 2 saturated heterocycles. The van der Waals surface area contributed by atoms with Gasteiger partial charge in [-0.1, -0.05) is 17.7 Å². The van der Waals surface area contributed by atoms with Crippen LogP contribution >= 0.6 is 11.6 Å². The highest BCUT2D eigenvalue weighted by Crippen LogP contribution is 2.28. The van der Waals surface area contributed by atoms with Crippen LogP contribution in [0.15, 0.2) is 36.7 Å². The van der Waals surface area contributed by atoms with Crippen molar-refractivity contribution in [3.05, 3.63) is 47.2 Å². The van der Waals surface area contributed by atoms with Crippen LogP contribution in [-0.4, -0.2) is 52.4 Å². The lowest BCUT2D eigenvalue weighted by Crippen LogP contribution is -2.53. The maximum absolute atomic E-state index is 11.3. The van der Waals surface area contributed by atoms with Crippen LogP contribution < -0.4 is 5.32 Å². The molecule has 24 heavy (non-hydrogen) atoms. The molecule has 2 fully saturated rings. The predicted molar refractivity (Wildman–Crippen MR) is 90.2 cm³/mol. The van der Waals surface area contributed by atoms with E-state index in [9.17, 15) is 4.79 Å². The van der Waals surface area contributed by atoms with Crippen molar-refractivity contribution in [3.63, 3.8) is 0 Å². The molecular formula is C17H19ClN4O2. The number of carbonyl (C=O) groups excluding carboxylic acids is 1. The second-order valence-electron chi connectivity index (χ2n) is 6.48. The number of nitrogens with zero attached hydrogens (tertiary/aromatic N) is 3. The van der Waals surface area contributed by atoms with Crippen molar-refractivity contribution < 1.29 is 9.53 Å². The first kappa shape index (κ1) is 15.6. The van der Waals surface area contributed by atoms with Crippen molar-refractivity contribution in [2.45, 2.75) is 18.6 Å². The van der Waals surface area contributed by atoms with Crippen LogP contribution in [0.5, 0.6) is 0 Å². The number of morpholine rings is 1. The summed E-state index contributed by atoms with van der Waals surface area (Å²) in [7, 11) is 0. The number of carbonyl (C=O) groups is 1. The number of halogens is 1. The summed E-state index contributed by atoms with van der Waals surface area (Å²) < 4.78 is 7.64. The summed E-state index contributed by atoms with van der Waals surface area (Å²) in [6.07, 6.45) is 4.85. The average Bonchev–Trinajstić information content (AvgIpc) is 3.19. The van der Waals surface area contributed by atoms with E-state index in [1.807, 2.05) is 41.3 Å². The van der Waals surface area contributed by atoms with Crippen molar-refractivity contribution in [2.75, 3.05) is 26.2 Å². The number of amides is 1. The number of nitrogens with one attached hydrogen (secondary N) is 1. The van der Waals surface area contributed by atoms with Gasteiger partial charge in [0.2, 0.25) is 5.91 Å². The van der Waals surface area contributed by atoms with E-state index in [1.54, 1.807) is 0 Å². The van der Waals surface area contributed by atoms with Crippen LogP contribution in [0.3, 0.4) is 0 Å². The molecule has 1 spiro atoms. The Labute approximate surface area is 145 Å². The van der Waals surface area contributed by atoms with Gasteiger partial charge in [0.05, 0.1) is 17.5 Å². The Morgan fingerprint density at radius 2 is 2.33 bits per heavy atom. The number of aromatic nitrogens is 2. The molecule has 1 unspecified atom stereocenters. The Morgan fingerprint density at radius 3 is 3.12 bits per heavy atom. The summed E-state index contributed by atoms with van der Waals surface area (Å²) in [6.45, 7) is 3.37. The Morgan fingerprint density at radius 1 is 1.42 bits per heavy atom. The maximum atomic E-state index is 11.3. The molecule has 2 aliphatic rings. The number of benzene rings is 1. The fourth-order valence-corrected chi connectivity index (χ4v) is 3.55. The third-order valence-corrected chi connectivity index (χ3v) is 4.86. The van der Waals surface area contributed by atoms with Gasteiger partial charge in [0.15, 0.2) is 0 Å². The van der Waals surface area contributed by atoms with Gasteiger partial charge >= 0.3 is 0 Å². The minimum atomic E-state index is -0.225. The Hall–Kier alpha value is -1.89. The van der Waals surface area contributed by atoms with E-state index in [0.717, 1.165) is 37.3 Å². The number of hydrogen-bond acceptors (Lipinski definition) is 4. The van der Waals surface area contributed by atoms with Gasteiger partial charge in [-0.05, 0) is 24.6 Å². The average molecular weight is 347 g/mol. The largest absolute Gasteiger partial charge is 0.362 e. The molecule has 1 atom stereocenters. The first-order valence-corrected chi connectivity index (χ1v) is 8.42. The van der Waals surface area contributed by atoms with Crippen LogP contribution in [0.1, 0.15) is 12.0 Å². The van der Waals surface area contributed by atoms with Crippen molar-refractivity contribution in [1.29, 1.82) is 0 Å². The van der Waals surface area contributed by atoms with Gasteiger partial charge in [-0.2, -0.15) is 5.10 Å². The van der Waals surface area contributed by atoms with Crippen molar-refractivity contribution in [1.82, 2.24) is 20.0 Å². The topological polar surface area (TPSA) is 59.4 Å². The zero-order valence-corrected chi connectivity index (χ0v) is 14.0. The van der Waals surface area contributed by atoms with Crippen LogP contribution in [0.25, 0.3) is 5.69 Å². The molecule has 0 saturated carbocycles. The summed E-state index contributed by atoms with van der Waals surface area (Å²) >= 11 is 6.04. The van der Waals surface area contributed by atoms with E-state index in [-0.39, 0.29) is 18.1 Å². The second-order valence-corrected chi connectivity index (χ2v) is 6.92. The smallest absolute Gasteiger partial charge is 0.246 e. The van der Waals surface area contributed by atoms with Gasteiger partial charge in [-0.15, -0.1) is 0 Å². The third-order valence-electron chi connectivity index (χ3n) is 4.63. The highest BCUT2D eigenvalue weighted by Gasteiger charge is 2.42. The number of rotatable bonds is 3. The van der Waals surface area contributed by atoms with Gasteiger partial charge in [-0.25, -0.2) is 4.68 Å². The van der Waals surface area contributed by atoms with Gasteiger partial charge in [0.25, 0.3) is 0 Å². The summed E-state index contributed by atoms with van der Waals surface area (Å²) in [5.41, 5.74) is 1.87. The highest BCUT2D eigenvalue weighted by atomic mass is 35.5. The predicted octanol–water partition coefficient (Wildman–Crippen LogP) is 1.62. The minimum absolute atomic E-state index is 0.0260. The van der Waals surface area contributed by atoms with Crippen molar-refractivity contribution in [2.24, 2.45) is 0 Å². The van der Waals surface area contributed by atoms with E-state index in [0.29, 0.717) is 11.6 Å². The molecule has 126 valence electrons. The normalized spacial score (nSPS) is 24.5. The molecule has 1 aromatic heterocycles. The zero-order valence-electron chi connectivity index (χ0n) is 13.2. The summed E-state index contributed by atoms with van der Waals surface area (Å²) in [5, 5.41) is 8.03. The monoisotopic (exact) mass is 346 g/mol. The molecule has 7 heteroatoms. The lowest BCUT2D eigenvalue weighted by Gasteiger charge is -2.33. The number of hydrogen-bond donors (Lipinski definition) is 1. The van der Waals surface area contributed by atoms with Crippen LogP contribution in [0.4, 0.5) is 0 Å². The zero-order chi connectivity index (χ0) is 16.6. The lowest BCUT2D eigenvalue weighted by molar-refractivity contribution is -0.142. The summed E-state index contributed by atoms with van der Waals surface area (Å²) in [5.74, 6) is -0.0260. The van der Waals surface area contributed by atoms with Gasteiger partial charge < -0.3 is 10.1 Å². The van der Waals surface area contributed by atoms with Crippen molar-refractivity contribution in [3.8, 4) is 5.69 Å². The Kier molecular flexibility index (Phi) is 4.04. The minimum Gasteiger partial charge on any atom is -0.362 e. The van der Waals surface area contributed by atoms with Crippen LogP contribution in [-0.2, 0) is 16.1 Å². The van der Waals surface area contributed by atoms with Crippen LogP contribution in [0.2, 0.25) is 5.02 Å². The molecule has 2 aliphatic heterocycles. The number of ether oxygens (including phenoxy) is 1. The fourth-order valence-electron chi connectivity index (χ4n) is 3.36. The standard InChI is InChI=1S/C17H19ClN4O2/c18-14-2-1-3-15(6-14)22-9-13(7-20-22)8-21-5-4-17(12-21)11-19-16(23)10-24-17/h1-3,6-7,9H,4-5,8,10-12H2,(H,19,23). The van der Waals surface area contributed by atoms with Gasteiger partial charge in [-0.3, -0.25) is 9.69 Å². The number of likely N-dealkylation sites (tertiary alicyclic amines) is 1. The Balaban J connectivity index is 1.41. The molecule has 2 aromatic rings. The van der Waals surface area contributed by atoms with E-state index < -0.39 is 0 Å². The van der Waals surface area contributed by atoms with Gasteiger partial charge in [0, 0.05) is 43.0 Å². The van der Waals surface area contributed by atoms with E-state index in [2.05, 4.69) is 15.3 Å². The summed E-state index contributed by atoms with van der Waals surface area (Å²) in [4.78, 5) is 13.6. The molecule has 6 nitrogen and oxygen atoms in total. The molecule has 1 N–H and O–H groups in total. The molecule has 4 rings (SSSR count).